The summed E-state index contributed by atoms with van der Waals surface area (Å²) in [5.41, 5.74) is 1.30. The van der Waals surface area contributed by atoms with Crippen LogP contribution in [0.1, 0.15) is 44.9 Å². The van der Waals surface area contributed by atoms with Gasteiger partial charge in [-0.15, -0.1) is 0 Å². The van der Waals surface area contributed by atoms with Crippen LogP contribution in [0.15, 0.2) is 24.3 Å². The second-order valence-electron chi connectivity index (χ2n) is 10.2. The Morgan fingerprint density at radius 3 is 2.10 bits per heavy atom. The lowest BCUT2D eigenvalue weighted by Crippen LogP contribution is -2.54. The average molecular weight is 443 g/mol. The largest absolute Gasteiger partial charge is 0.368 e. The maximum absolute atomic E-state index is 12.9. The Bertz CT molecular complexity index is 844. The van der Waals surface area contributed by atoms with Gasteiger partial charge in [-0.2, -0.15) is 0 Å². The van der Waals surface area contributed by atoms with Gasteiger partial charge in [-0.1, -0.05) is 0 Å². The van der Waals surface area contributed by atoms with Crippen LogP contribution >= 0.6 is 12.2 Å². The van der Waals surface area contributed by atoms with Crippen LogP contribution in [0.3, 0.4) is 0 Å². The number of rotatable bonds is 4. The summed E-state index contributed by atoms with van der Waals surface area (Å²) in [6, 6.07) is 6.66. The van der Waals surface area contributed by atoms with Gasteiger partial charge in [-0.3, -0.25) is 14.9 Å². The summed E-state index contributed by atoms with van der Waals surface area (Å²) in [5, 5.41) is 14.4. The van der Waals surface area contributed by atoms with Gasteiger partial charge < -0.3 is 15.1 Å². The first-order valence-electron chi connectivity index (χ1n) is 11.5. The summed E-state index contributed by atoms with van der Waals surface area (Å²) >= 11 is 5.56. The molecule has 8 heteroatoms. The van der Waals surface area contributed by atoms with Crippen molar-refractivity contribution >= 4 is 34.6 Å². The fourth-order valence-electron chi connectivity index (χ4n) is 7.04. The lowest BCUT2D eigenvalue weighted by molar-refractivity contribution is -0.384. The predicted octanol–water partition coefficient (Wildman–Crippen LogP) is 3.72. The molecule has 5 aliphatic rings. The van der Waals surface area contributed by atoms with Crippen molar-refractivity contribution in [3.8, 4) is 0 Å². The van der Waals surface area contributed by atoms with Crippen molar-refractivity contribution in [3.05, 3.63) is 34.4 Å². The Labute approximate surface area is 188 Å². The van der Waals surface area contributed by atoms with E-state index in [-0.39, 0.29) is 21.9 Å². The van der Waals surface area contributed by atoms with Crippen LogP contribution in [0, 0.1) is 33.3 Å². The van der Waals surface area contributed by atoms with E-state index in [9.17, 15) is 14.9 Å². The normalized spacial score (nSPS) is 31.5. The number of nitrogens with one attached hydrogen (secondary N) is 1. The van der Waals surface area contributed by atoms with Gasteiger partial charge in [0.05, 0.1) is 4.92 Å². The summed E-state index contributed by atoms with van der Waals surface area (Å²) in [4.78, 5) is 27.6. The maximum atomic E-state index is 12.9. The van der Waals surface area contributed by atoms with Crippen LogP contribution in [-0.2, 0) is 4.79 Å². The number of nitrogens with zero attached hydrogens (tertiary/aromatic N) is 3. The van der Waals surface area contributed by atoms with Gasteiger partial charge in [0.2, 0.25) is 5.91 Å². The molecule has 1 amide bonds. The number of carbonyl (C=O) groups excluding carboxylic acids is 1. The van der Waals surface area contributed by atoms with Crippen LogP contribution in [0.2, 0.25) is 0 Å². The number of piperazine rings is 1. The molecule has 0 aromatic heterocycles. The van der Waals surface area contributed by atoms with Crippen molar-refractivity contribution in [2.75, 3.05) is 31.1 Å². The second kappa shape index (κ2) is 8.04. The van der Waals surface area contributed by atoms with Crippen molar-refractivity contribution in [1.29, 1.82) is 0 Å². The van der Waals surface area contributed by atoms with Crippen molar-refractivity contribution < 1.29 is 9.72 Å². The lowest BCUT2D eigenvalue weighted by Gasteiger charge is -2.56. The number of nitro benzene ring substituents is 1. The highest BCUT2D eigenvalue weighted by molar-refractivity contribution is 7.80. The number of non-ortho nitro benzene ring substituents is 1. The topological polar surface area (TPSA) is 78.7 Å². The van der Waals surface area contributed by atoms with E-state index in [1.807, 2.05) is 0 Å². The van der Waals surface area contributed by atoms with Crippen molar-refractivity contribution in [1.82, 2.24) is 10.2 Å². The zero-order valence-corrected chi connectivity index (χ0v) is 18.6. The van der Waals surface area contributed by atoms with Gasteiger partial charge in [-0.25, -0.2) is 0 Å². The minimum absolute atomic E-state index is 0.0877. The summed E-state index contributed by atoms with van der Waals surface area (Å²) in [6.45, 7) is 2.99. The van der Waals surface area contributed by atoms with Crippen LogP contribution < -0.4 is 10.2 Å². The van der Waals surface area contributed by atoms with Gasteiger partial charge in [0.1, 0.15) is 0 Å². The zero-order valence-electron chi connectivity index (χ0n) is 17.8. The highest BCUT2D eigenvalue weighted by atomic mass is 32.1. The first-order chi connectivity index (χ1) is 14.9. The van der Waals surface area contributed by atoms with Crippen LogP contribution in [-0.4, -0.2) is 47.0 Å². The minimum Gasteiger partial charge on any atom is -0.368 e. The van der Waals surface area contributed by atoms with Crippen LogP contribution in [0.4, 0.5) is 11.4 Å². The van der Waals surface area contributed by atoms with Crippen molar-refractivity contribution in [2.24, 2.45) is 23.2 Å². The van der Waals surface area contributed by atoms with Crippen LogP contribution in [0.25, 0.3) is 0 Å². The Hall–Kier alpha value is -2.22. The highest BCUT2D eigenvalue weighted by Gasteiger charge is 2.51. The molecule has 1 aliphatic heterocycles. The van der Waals surface area contributed by atoms with Gasteiger partial charge in [-0.05, 0) is 86.0 Å². The summed E-state index contributed by atoms with van der Waals surface area (Å²) in [6.07, 6.45) is 8.47. The molecule has 6 rings (SSSR count). The van der Waals surface area contributed by atoms with Crippen molar-refractivity contribution in [2.45, 2.75) is 44.9 Å². The summed E-state index contributed by atoms with van der Waals surface area (Å²) < 4.78 is 0. The first-order valence-corrected chi connectivity index (χ1v) is 11.9. The summed E-state index contributed by atoms with van der Waals surface area (Å²) in [7, 11) is 0. The van der Waals surface area contributed by atoms with E-state index in [0.29, 0.717) is 11.5 Å². The van der Waals surface area contributed by atoms with E-state index in [1.54, 1.807) is 12.1 Å². The molecule has 5 fully saturated rings. The third-order valence-electron chi connectivity index (χ3n) is 7.94. The van der Waals surface area contributed by atoms with Gasteiger partial charge >= 0.3 is 0 Å². The molecule has 166 valence electrons. The summed E-state index contributed by atoms with van der Waals surface area (Å²) in [5.74, 6) is 2.63. The smallest absolute Gasteiger partial charge is 0.269 e. The molecule has 0 unspecified atom stereocenters. The van der Waals surface area contributed by atoms with Crippen molar-refractivity contribution in [3.63, 3.8) is 0 Å². The molecule has 1 saturated heterocycles. The predicted molar refractivity (Wildman–Crippen MR) is 123 cm³/mol. The fourth-order valence-corrected chi connectivity index (χ4v) is 7.34. The highest BCUT2D eigenvalue weighted by Crippen LogP contribution is 2.61. The monoisotopic (exact) mass is 442 g/mol. The number of amides is 1. The van der Waals surface area contributed by atoms with E-state index >= 15 is 0 Å². The molecule has 4 saturated carbocycles. The number of hydrogen-bond acceptors (Lipinski definition) is 5. The lowest BCUT2D eigenvalue weighted by atomic mass is 9.49. The molecule has 4 aliphatic carbocycles. The maximum Gasteiger partial charge on any atom is 0.269 e. The minimum atomic E-state index is -0.383. The van der Waals surface area contributed by atoms with E-state index in [0.717, 1.165) is 49.6 Å². The van der Waals surface area contributed by atoms with Gasteiger partial charge in [0.25, 0.3) is 5.69 Å². The van der Waals surface area contributed by atoms with E-state index in [2.05, 4.69) is 15.1 Å². The molecule has 7 nitrogen and oxygen atoms in total. The number of benzene rings is 1. The third-order valence-corrected chi connectivity index (χ3v) is 8.30. The molecule has 0 atom stereocenters. The van der Waals surface area contributed by atoms with Gasteiger partial charge in [0, 0.05) is 50.4 Å². The number of nitro groups is 1. The van der Waals surface area contributed by atoms with E-state index in [1.165, 1.54) is 50.7 Å². The Balaban J connectivity index is 1.12. The molecular weight excluding hydrogens is 412 g/mol. The molecule has 4 bridgehead atoms. The zero-order chi connectivity index (χ0) is 21.6. The quantitative estimate of drug-likeness (QED) is 0.435. The fraction of sp³-hybridized carbons (Fsp3) is 0.652. The van der Waals surface area contributed by atoms with E-state index in [4.69, 9.17) is 12.2 Å². The molecule has 1 aromatic carbocycles. The molecule has 1 heterocycles. The average Bonchev–Trinajstić information content (AvgIpc) is 2.72. The Morgan fingerprint density at radius 2 is 1.58 bits per heavy atom. The number of thiocarbonyl (C=S) groups is 1. The molecule has 31 heavy (non-hydrogen) atoms. The second-order valence-corrected chi connectivity index (χ2v) is 10.6. The van der Waals surface area contributed by atoms with Crippen LogP contribution in [0.5, 0.6) is 0 Å². The number of hydrogen-bond donors (Lipinski definition) is 1. The molecule has 0 radical (unpaired) electrons. The van der Waals surface area contributed by atoms with E-state index < -0.39 is 0 Å². The molecule has 1 aromatic rings. The molecule has 0 spiro atoms. The number of carbonyl (C=O) groups is 1. The Kier molecular flexibility index (Phi) is 5.36. The molecule has 1 N–H and O–H groups in total. The van der Waals surface area contributed by atoms with Gasteiger partial charge in [0.15, 0.2) is 5.11 Å². The standard InChI is InChI=1S/C23H30N4O3S/c28-21(15-23-12-16-9-17(13-23)11-18(10-16)14-23)24-22(31)26-7-5-25(6-8-26)19-1-3-20(4-2-19)27(29)30/h1-4,16-18H,5-15H2,(H,24,28,31). The SMILES string of the molecule is O=C(CC12CC3CC(CC(C3)C1)C2)NC(=S)N1CCN(c2ccc([N+](=O)[O-])cc2)CC1. The first kappa shape index (κ1) is 20.7. The Morgan fingerprint density at radius 1 is 1.03 bits per heavy atom. The third kappa shape index (κ3) is 4.27. The number of anilines is 1. The molecular formula is C23H30N4O3S.